The van der Waals surface area contributed by atoms with Gasteiger partial charge in [-0.1, -0.05) is 70.7 Å². The van der Waals surface area contributed by atoms with Crippen LogP contribution in [-0.4, -0.2) is 20.9 Å². The normalized spacial score (nSPS) is 12.6. The van der Waals surface area contributed by atoms with E-state index in [4.69, 9.17) is 14.7 Å². The molecule has 1 aliphatic rings. The summed E-state index contributed by atoms with van der Waals surface area (Å²) in [5, 5.41) is 13.4. The van der Waals surface area contributed by atoms with Crippen molar-refractivity contribution in [3.05, 3.63) is 71.1 Å². The Labute approximate surface area is 264 Å². The van der Waals surface area contributed by atoms with Crippen molar-refractivity contribution in [3.63, 3.8) is 0 Å². The van der Waals surface area contributed by atoms with Gasteiger partial charge in [-0.25, -0.2) is 0 Å². The molecular formula is C36H43IrN2O3-. The van der Waals surface area contributed by atoms with E-state index in [0.29, 0.717) is 5.88 Å². The number of fused-ring (bicyclic) bond motifs is 3. The van der Waals surface area contributed by atoms with Gasteiger partial charge in [-0.2, -0.15) is 0 Å². The third-order valence-electron chi connectivity index (χ3n) is 9.29. The number of pyridine rings is 2. The summed E-state index contributed by atoms with van der Waals surface area (Å²) in [5.41, 5.74) is 5.60. The molecule has 0 bridgehead atoms. The standard InChI is InChI=1S/C21H15N2O.C15H28O2.Ir/c1-11-4-6-14-9-15-20-19-17(24-21(15)23-16(14)8-11)7-5-12(2)18(19)13(3)10-22-20;1-7-14(5,8-2)12(16)11-13(17)15(6,9-3)10-4;/h4-8,10H,1-3H3;11,16H,7-10H2,1-6H3;/q-1;;/b;12-11-;. The molecule has 5 rings (SSSR count). The molecule has 0 saturated heterocycles. The Morgan fingerprint density at radius 2 is 1.57 bits per heavy atom. The first-order valence-corrected chi connectivity index (χ1v) is 14.8. The van der Waals surface area contributed by atoms with Crippen LogP contribution in [0.5, 0.6) is 11.6 Å². The van der Waals surface area contributed by atoms with Crippen LogP contribution in [0.1, 0.15) is 83.9 Å². The second-order valence-electron chi connectivity index (χ2n) is 11.9. The summed E-state index contributed by atoms with van der Waals surface area (Å²) >= 11 is 0. The molecule has 0 atom stereocenters. The summed E-state index contributed by atoms with van der Waals surface area (Å²) in [6.07, 6.45) is 6.68. The van der Waals surface area contributed by atoms with Gasteiger partial charge in [0.2, 0.25) is 0 Å². The molecule has 0 fully saturated rings. The van der Waals surface area contributed by atoms with E-state index in [1.54, 1.807) is 0 Å². The van der Waals surface area contributed by atoms with Gasteiger partial charge in [0.15, 0.2) is 11.7 Å². The Kier molecular flexibility index (Phi) is 10.4. The average molecular weight is 744 g/mol. The van der Waals surface area contributed by atoms with Crippen molar-refractivity contribution >= 4 is 27.5 Å². The SMILES string of the molecule is CCC(C)(CC)C(=O)/C=C(\O)C(C)(CC)CC.Cc1ccc2[c-]c3c(nc2c1)Oc1ccc(C)c2c(C)cnc-3c12.[Ir]. The molecule has 2 aromatic heterocycles. The second-order valence-corrected chi connectivity index (χ2v) is 11.9. The number of carbonyl (C=O) groups excluding carboxylic acids is 1. The van der Waals surface area contributed by atoms with Crippen LogP contribution in [0.3, 0.4) is 0 Å². The predicted octanol–water partition coefficient (Wildman–Crippen LogP) is 9.93. The Hall–Kier alpha value is -3.08. The molecule has 5 nitrogen and oxygen atoms in total. The summed E-state index contributed by atoms with van der Waals surface area (Å²) in [5.74, 6) is 1.69. The molecule has 0 unspecified atom stereocenters. The first-order chi connectivity index (χ1) is 19.4. The van der Waals surface area contributed by atoms with E-state index in [0.717, 1.165) is 64.5 Å². The third kappa shape index (κ3) is 6.16. The fraction of sp³-hybridized carbons (Fsp3) is 0.417. The number of aryl methyl sites for hydroxylation is 3. The number of benzene rings is 2. The number of aromatic nitrogens is 2. The van der Waals surface area contributed by atoms with Gasteiger partial charge >= 0.3 is 0 Å². The van der Waals surface area contributed by atoms with Gasteiger partial charge in [0, 0.05) is 54.3 Å². The number of carbonyl (C=O) groups is 1. The van der Waals surface area contributed by atoms with Crippen LogP contribution in [0, 0.1) is 37.7 Å². The Morgan fingerprint density at radius 3 is 2.19 bits per heavy atom. The maximum Gasteiger partial charge on any atom is 0.164 e. The van der Waals surface area contributed by atoms with Gasteiger partial charge in [-0.15, -0.1) is 12.1 Å². The first kappa shape index (κ1) is 33.4. The first-order valence-electron chi connectivity index (χ1n) is 14.8. The maximum absolute atomic E-state index is 12.2. The number of rotatable bonds is 7. The number of hydrogen-bond acceptors (Lipinski definition) is 5. The van der Waals surface area contributed by atoms with Gasteiger partial charge < -0.3 is 9.84 Å². The molecule has 0 saturated carbocycles. The number of allylic oxidation sites excluding steroid dienone is 2. The molecule has 4 aromatic rings. The third-order valence-corrected chi connectivity index (χ3v) is 9.29. The molecule has 6 heteroatoms. The molecule has 1 radical (unpaired) electrons. The second kappa shape index (κ2) is 13.1. The van der Waals surface area contributed by atoms with Gasteiger partial charge in [-0.05, 0) is 80.1 Å². The van der Waals surface area contributed by atoms with Gasteiger partial charge in [0.05, 0.1) is 0 Å². The van der Waals surface area contributed by atoms with E-state index in [2.05, 4.69) is 51.1 Å². The largest absolute Gasteiger partial charge is 0.512 e. The molecule has 0 aliphatic carbocycles. The number of aliphatic hydroxyl groups excluding tert-OH is 1. The summed E-state index contributed by atoms with van der Waals surface area (Å²) in [4.78, 5) is 21.6. The minimum absolute atomic E-state index is 0. The monoisotopic (exact) mass is 744 g/mol. The quantitative estimate of drug-likeness (QED) is 0.102. The molecule has 0 amide bonds. The zero-order valence-electron chi connectivity index (χ0n) is 26.4. The van der Waals surface area contributed by atoms with Crippen molar-refractivity contribution in [2.75, 3.05) is 0 Å². The topological polar surface area (TPSA) is 72.3 Å². The van der Waals surface area contributed by atoms with Crippen LogP contribution in [0.2, 0.25) is 0 Å². The van der Waals surface area contributed by atoms with Gasteiger partial charge in [0.1, 0.15) is 11.5 Å². The summed E-state index contributed by atoms with van der Waals surface area (Å²) < 4.78 is 6.13. The minimum atomic E-state index is -0.337. The number of nitrogens with zero attached hydrogens (tertiary/aromatic N) is 2. The Balaban J connectivity index is 0.000000242. The van der Waals surface area contributed by atoms with Crippen LogP contribution in [0.15, 0.2) is 48.4 Å². The van der Waals surface area contributed by atoms with Crippen LogP contribution < -0.4 is 4.74 Å². The molecule has 225 valence electrons. The van der Waals surface area contributed by atoms with E-state index in [1.807, 2.05) is 53.8 Å². The van der Waals surface area contributed by atoms with Gasteiger partial charge in [0.25, 0.3) is 0 Å². The molecular weight excluding hydrogens is 701 g/mol. The Morgan fingerprint density at radius 1 is 0.929 bits per heavy atom. The van der Waals surface area contributed by atoms with Crippen molar-refractivity contribution in [2.24, 2.45) is 10.8 Å². The Bertz CT molecular complexity index is 1640. The van der Waals surface area contributed by atoms with Gasteiger partial charge in [-0.3, -0.25) is 14.8 Å². The summed E-state index contributed by atoms with van der Waals surface area (Å²) in [7, 11) is 0. The molecule has 1 aliphatic heterocycles. The zero-order chi connectivity index (χ0) is 30.1. The predicted molar refractivity (Wildman–Crippen MR) is 169 cm³/mol. The smallest absolute Gasteiger partial charge is 0.164 e. The van der Waals surface area contributed by atoms with E-state index in [1.165, 1.54) is 22.6 Å². The van der Waals surface area contributed by atoms with Crippen molar-refractivity contribution in [3.8, 4) is 22.9 Å². The van der Waals surface area contributed by atoms with E-state index >= 15 is 0 Å². The average Bonchev–Trinajstić information content (AvgIpc) is 2.97. The van der Waals surface area contributed by atoms with E-state index in [9.17, 15) is 9.90 Å². The fourth-order valence-electron chi connectivity index (χ4n) is 5.21. The number of ether oxygens (including phenoxy) is 1. The van der Waals surface area contributed by atoms with Crippen LogP contribution in [0.4, 0.5) is 0 Å². The minimum Gasteiger partial charge on any atom is -0.512 e. The fourth-order valence-corrected chi connectivity index (χ4v) is 5.21. The van der Waals surface area contributed by atoms with Crippen LogP contribution in [-0.2, 0) is 24.9 Å². The molecule has 1 N–H and O–H groups in total. The molecule has 2 aromatic carbocycles. The van der Waals surface area contributed by atoms with Crippen molar-refractivity contribution in [1.82, 2.24) is 9.97 Å². The number of hydrogen-bond donors (Lipinski definition) is 1. The summed E-state index contributed by atoms with van der Waals surface area (Å²) in [6.45, 7) is 18.4. The van der Waals surface area contributed by atoms with E-state index < -0.39 is 0 Å². The number of aliphatic hydroxyl groups is 1. The van der Waals surface area contributed by atoms with Crippen molar-refractivity contribution in [1.29, 1.82) is 0 Å². The molecule has 42 heavy (non-hydrogen) atoms. The molecule has 0 spiro atoms. The number of ketones is 1. The molecule has 3 heterocycles. The summed E-state index contributed by atoms with van der Waals surface area (Å²) in [6, 6.07) is 13.7. The van der Waals surface area contributed by atoms with Crippen molar-refractivity contribution < 1.29 is 34.7 Å². The van der Waals surface area contributed by atoms with E-state index in [-0.39, 0.29) is 42.5 Å². The zero-order valence-corrected chi connectivity index (χ0v) is 28.8. The van der Waals surface area contributed by atoms with Crippen LogP contribution in [0.25, 0.3) is 32.9 Å². The van der Waals surface area contributed by atoms with Crippen LogP contribution >= 0.6 is 0 Å². The maximum atomic E-state index is 12.2. The van der Waals surface area contributed by atoms with Crippen molar-refractivity contribution in [2.45, 2.75) is 88.0 Å².